The molecule has 10 heteroatoms. The Bertz CT molecular complexity index is 1190. The van der Waals surface area contributed by atoms with Gasteiger partial charge in [0.15, 0.2) is 4.75 Å². The number of phenols is 2. The van der Waals surface area contributed by atoms with Gasteiger partial charge < -0.3 is 10.2 Å². The van der Waals surface area contributed by atoms with Gasteiger partial charge in [0.2, 0.25) is 0 Å². The van der Waals surface area contributed by atoms with E-state index in [1.54, 1.807) is 0 Å². The standard InChI is InChI=1S/C19H12Cl4O5S/c20-13-5-2-6-17(25)18(13)19(29(26,27)28,10-3-1-4-11(24)7-10)12-8-15(22)16(23)9-14(12)21/h1-9,24-25H,(H,26,27,28). The van der Waals surface area contributed by atoms with Gasteiger partial charge in [0.25, 0.3) is 10.1 Å². The van der Waals surface area contributed by atoms with Crippen molar-refractivity contribution in [1.82, 2.24) is 0 Å². The Morgan fingerprint density at radius 1 is 0.759 bits per heavy atom. The molecule has 1 atom stereocenters. The number of rotatable bonds is 4. The first-order chi connectivity index (χ1) is 13.5. The maximum absolute atomic E-state index is 13.0. The van der Waals surface area contributed by atoms with E-state index in [2.05, 4.69) is 0 Å². The van der Waals surface area contributed by atoms with Crippen LogP contribution in [-0.2, 0) is 14.9 Å². The molecule has 3 N–H and O–H groups in total. The summed E-state index contributed by atoms with van der Waals surface area (Å²) in [7, 11) is -5.14. The summed E-state index contributed by atoms with van der Waals surface area (Å²) in [6.45, 7) is 0. The van der Waals surface area contributed by atoms with E-state index in [-0.39, 0.29) is 42.5 Å². The highest BCUT2D eigenvalue weighted by Gasteiger charge is 2.52. The van der Waals surface area contributed by atoms with Crippen LogP contribution < -0.4 is 0 Å². The van der Waals surface area contributed by atoms with Crippen LogP contribution in [0.5, 0.6) is 11.5 Å². The lowest BCUT2D eigenvalue weighted by atomic mass is 9.83. The third kappa shape index (κ3) is 3.65. The van der Waals surface area contributed by atoms with Gasteiger partial charge in [-0.25, -0.2) is 0 Å². The second-order valence-electron chi connectivity index (χ2n) is 6.09. The highest BCUT2D eigenvalue weighted by atomic mass is 35.5. The molecule has 3 aromatic rings. The van der Waals surface area contributed by atoms with Gasteiger partial charge in [0.05, 0.1) is 10.0 Å². The Hall–Kier alpha value is -1.67. The van der Waals surface area contributed by atoms with E-state index in [4.69, 9.17) is 46.4 Å². The summed E-state index contributed by atoms with van der Waals surface area (Å²) in [6.07, 6.45) is 0. The molecule has 0 fully saturated rings. The van der Waals surface area contributed by atoms with Crippen molar-refractivity contribution >= 4 is 56.5 Å². The van der Waals surface area contributed by atoms with Gasteiger partial charge in [0, 0.05) is 21.2 Å². The maximum atomic E-state index is 13.0. The van der Waals surface area contributed by atoms with E-state index < -0.39 is 20.6 Å². The molecular formula is C19H12Cl4O5S. The van der Waals surface area contributed by atoms with Crippen LogP contribution in [0.2, 0.25) is 20.1 Å². The Balaban J connectivity index is 2.66. The predicted octanol–water partition coefficient (Wildman–Crippen LogP) is 5.89. The summed E-state index contributed by atoms with van der Waals surface area (Å²) in [5.74, 6) is -0.821. The van der Waals surface area contributed by atoms with Crippen molar-refractivity contribution in [3.8, 4) is 11.5 Å². The van der Waals surface area contributed by atoms with Crippen molar-refractivity contribution in [2.75, 3.05) is 0 Å². The van der Waals surface area contributed by atoms with Crippen LogP contribution >= 0.6 is 46.4 Å². The first-order valence-corrected chi connectivity index (χ1v) is 10.8. The van der Waals surface area contributed by atoms with Crippen LogP contribution in [0.25, 0.3) is 0 Å². The minimum Gasteiger partial charge on any atom is -0.508 e. The summed E-state index contributed by atoms with van der Waals surface area (Å²) in [5.41, 5.74) is -0.719. The fraction of sp³-hybridized carbons (Fsp3) is 0.0526. The summed E-state index contributed by atoms with van der Waals surface area (Å²) < 4.78 is 33.9. The van der Waals surface area contributed by atoms with Gasteiger partial charge in [-0.2, -0.15) is 8.42 Å². The van der Waals surface area contributed by atoms with Crippen molar-refractivity contribution in [1.29, 1.82) is 0 Å². The van der Waals surface area contributed by atoms with Crippen LogP contribution in [0.3, 0.4) is 0 Å². The fourth-order valence-corrected chi connectivity index (χ4v) is 5.69. The van der Waals surface area contributed by atoms with E-state index in [0.29, 0.717) is 0 Å². The summed E-state index contributed by atoms with van der Waals surface area (Å²) in [6, 6.07) is 11.4. The molecule has 0 saturated heterocycles. The lowest BCUT2D eigenvalue weighted by Gasteiger charge is -2.34. The van der Waals surface area contributed by atoms with Crippen molar-refractivity contribution < 1.29 is 23.2 Å². The molecular weight excluding hydrogens is 482 g/mol. The van der Waals surface area contributed by atoms with Gasteiger partial charge in [-0.15, -0.1) is 0 Å². The van der Waals surface area contributed by atoms with E-state index in [1.807, 2.05) is 0 Å². The topological polar surface area (TPSA) is 94.8 Å². The molecule has 0 amide bonds. The van der Waals surface area contributed by atoms with Gasteiger partial charge in [0.1, 0.15) is 11.5 Å². The highest BCUT2D eigenvalue weighted by Crippen LogP contribution is 2.52. The molecule has 3 aromatic carbocycles. The maximum Gasteiger partial charge on any atom is 0.283 e. The van der Waals surface area contributed by atoms with Gasteiger partial charge in [-0.1, -0.05) is 64.6 Å². The van der Waals surface area contributed by atoms with Crippen molar-refractivity contribution in [3.63, 3.8) is 0 Å². The largest absolute Gasteiger partial charge is 0.508 e. The third-order valence-electron chi connectivity index (χ3n) is 4.37. The third-order valence-corrected chi connectivity index (χ3v) is 7.16. The van der Waals surface area contributed by atoms with E-state index in [1.165, 1.54) is 42.5 Å². The summed E-state index contributed by atoms with van der Waals surface area (Å²) in [5, 5.41) is 20.2. The molecule has 0 saturated carbocycles. The Morgan fingerprint density at radius 3 is 1.97 bits per heavy atom. The number of halogens is 4. The van der Waals surface area contributed by atoms with E-state index in [9.17, 15) is 23.2 Å². The summed E-state index contributed by atoms with van der Waals surface area (Å²) >= 11 is 24.7. The van der Waals surface area contributed by atoms with E-state index in [0.717, 1.165) is 12.1 Å². The number of hydrogen-bond acceptors (Lipinski definition) is 4. The molecule has 0 aliphatic carbocycles. The molecule has 5 nitrogen and oxygen atoms in total. The predicted molar refractivity (Wildman–Crippen MR) is 114 cm³/mol. The Morgan fingerprint density at radius 2 is 1.38 bits per heavy atom. The molecule has 0 aromatic heterocycles. The smallest absolute Gasteiger partial charge is 0.283 e. The second kappa shape index (κ2) is 7.87. The SMILES string of the molecule is O=S(=O)(O)C(c1cccc(O)c1)(c1cc(Cl)c(Cl)cc1Cl)c1c(O)cccc1Cl. The number of benzene rings is 3. The van der Waals surface area contributed by atoms with Crippen LogP contribution in [0.1, 0.15) is 16.7 Å². The van der Waals surface area contributed by atoms with Gasteiger partial charge in [-0.05, 0) is 42.0 Å². The van der Waals surface area contributed by atoms with E-state index >= 15 is 0 Å². The molecule has 0 radical (unpaired) electrons. The van der Waals surface area contributed by atoms with Crippen molar-refractivity contribution in [3.05, 3.63) is 91.4 Å². The average Bonchev–Trinajstić information content (AvgIpc) is 2.61. The van der Waals surface area contributed by atoms with Crippen molar-refractivity contribution in [2.45, 2.75) is 4.75 Å². The van der Waals surface area contributed by atoms with Crippen LogP contribution in [0.4, 0.5) is 0 Å². The monoisotopic (exact) mass is 492 g/mol. The Labute approximate surface area is 186 Å². The normalized spacial score (nSPS) is 13.8. The lowest BCUT2D eigenvalue weighted by Crippen LogP contribution is -2.39. The molecule has 0 heterocycles. The van der Waals surface area contributed by atoms with Crippen molar-refractivity contribution in [2.24, 2.45) is 0 Å². The summed E-state index contributed by atoms with van der Waals surface area (Å²) in [4.78, 5) is 0. The number of phenolic OH excluding ortho intramolecular Hbond substituents is 2. The minimum absolute atomic E-state index is 0.0453. The number of aromatic hydroxyl groups is 2. The molecule has 152 valence electrons. The molecule has 0 spiro atoms. The van der Waals surface area contributed by atoms with Gasteiger partial charge in [-0.3, -0.25) is 4.55 Å². The fourth-order valence-electron chi connectivity index (χ4n) is 3.23. The van der Waals surface area contributed by atoms with Crippen LogP contribution in [0.15, 0.2) is 54.6 Å². The zero-order valence-corrected chi connectivity index (χ0v) is 18.1. The second-order valence-corrected chi connectivity index (χ2v) is 9.28. The van der Waals surface area contributed by atoms with Crippen LogP contribution in [0, 0.1) is 0 Å². The molecule has 29 heavy (non-hydrogen) atoms. The zero-order chi connectivity index (χ0) is 21.6. The number of hydrogen-bond donors (Lipinski definition) is 3. The molecule has 1 unspecified atom stereocenters. The Kier molecular flexibility index (Phi) is 5.98. The molecule has 3 rings (SSSR count). The molecule has 0 bridgehead atoms. The first kappa shape index (κ1) is 22.0. The quantitative estimate of drug-likeness (QED) is 0.239. The molecule has 0 aliphatic rings. The first-order valence-electron chi connectivity index (χ1n) is 7.89. The zero-order valence-electron chi connectivity index (χ0n) is 14.3. The lowest BCUT2D eigenvalue weighted by molar-refractivity contribution is 0.439. The average molecular weight is 494 g/mol. The minimum atomic E-state index is -5.14. The highest BCUT2D eigenvalue weighted by molar-refractivity contribution is 7.87. The molecule has 0 aliphatic heterocycles. The van der Waals surface area contributed by atoms with Crippen LogP contribution in [-0.4, -0.2) is 23.2 Å². The van der Waals surface area contributed by atoms with Gasteiger partial charge >= 0.3 is 0 Å².